The molecule has 0 atom stereocenters. The van der Waals surface area contributed by atoms with Crippen LogP contribution in [0.1, 0.15) is 5.56 Å². The minimum Gasteiger partial charge on any atom is -0.367 e. The summed E-state index contributed by atoms with van der Waals surface area (Å²) in [5, 5.41) is 3.73. The lowest BCUT2D eigenvalue weighted by Crippen LogP contribution is -2.03. The van der Waals surface area contributed by atoms with Gasteiger partial charge in [-0.2, -0.15) is 0 Å². The van der Waals surface area contributed by atoms with Crippen LogP contribution in [0, 0.1) is 6.92 Å². The Morgan fingerprint density at radius 2 is 2.36 bits per heavy atom. The normalized spacial score (nSPS) is 10.4. The summed E-state index contributed by atoms with van der Waals surface area (Å²) in [5.74, 6) is 0.239. The molecule has 0 bridgehead atoms. The van der Waals surface area contributed by atoms with Crippen molar-refractivity contribution in [1.82, 2.24) is 10.1 Å². The second-order valence-electron chi connectivity index (χ2n) is 2.94. The van der Waals surface area contributed by atoms with Gasteiger partial charge >= 0.3 is 0 Å². The van der Waals surface area contributed by atoms with Crippen molar-refractivity contribution in [3.8, 4) is 11.3 Å². The molecule has 5 nitrogen and oxygen atoms in total. The van der Waals surface area contributed by atoms with Crippen LogP contribution >= 0.6 is 0 Å². The number of H-pyrrole nitrogens is 1. The van der Waals surface area contributed by atoms with Crippen LogP contribution in [0.25, 0.3) is 11.3 Å². The van der Waals surface area contributed by atoms with Gasteiger partial charge in [0, 0.05) is 24.0 Å². The van der Waals surface area contributed by atoms with Crippen LogP contribution in [0.3, 0.4) is 0 Å². The summed E-state index contributed by atoms with van der Waals surface area (Å²) in [6.07, 6.45) is 3.14. The van der Waals surface area contributed by atoms with Crippen LogP contribution in [-0.4, -0.2) is 10.1 Å². The lowest BCUT2D eigenvalue weighted by molar-refractivity contribution is 0.438. The molecule has 5 heteroatoms. The van der Waals surface area contributed by atoms with E-state index in [-0.39, 0.29) is 11.3 Å². The number of pyridine rings is 1. The van der Waals surface area contributed by atoms with Crippen LogP contribution in [0.4, 0.5) is 5.88 Å². The molecule has 0 saturated heterocycles. The molecule has 0 aliphatic heterocycles. The van der Waals surface area contributed by atoms with Gasteiger partial charge in [0.05, 0.1) is 5.56 Å². The van der Waals surface area contributed by atoms with Crippen molar-refractivity contribution in [3.63, 3.8) is 0 Å². The molecule has 0 aromatic carbocycles. The van der Waals surface area contributed by atoms with E-state index in [2.05, 4.69) is 10.1 Å². The van der Waals surface area contributed by atoms with Crippen molar-refractivity contribution in [3.05, 3.63) is 34.2 Å². The first-order chi connectivity index (χ1) is 6.70. The summed E-state index contributed by atoms with van der Waals surface area (Å²) < 4.78 is 4.78. The summed E-state index contributed by atoms with van der Waals surface area (Å²) in [6.45, 7) is 1.76. The Bertz CT molecular complexity index is 513. The van der Waals surface area contributed by atoms with Gasteiger partial charge in [0.2, 0.25) is 5.88 Å². The van der Waals surface area contributed by atoms with E-state index in [1.807, 2.05) is 0 Å². The molecular weight excluding hydrogens is 182 g/mol. The van der Waals surface area contributed by atoms with Gasteiger partial charge in [-0.25, -0.2) is 0 Å². The van der Waals surface area contributed by atoms with Crippen molar-refractivity contribution >= 4 is 5.88 Å². The van der Waals surface area contributed by atoms with E-state index >= 15 is 0 Å². The first-order valence-electron chi connectivity index (χ1n) is 4.09. The maximum Gasteiger partial charge on any atom is 0.225 e. The van der Waals surface area contributed by atoms with E-state index in [1.165, 1.54) is 6.07 Å². The number of hydrogen-bond acceptors (Lipinski definition) is 4. The fourth-order valence-electron chi connectivity index (χ4n) is 1.20. The number of rotatable bonds is 1. The fourth-order valence-corrected chi connectivity index (χ4v) is 1.20. The van der Waals surface area contributed by atoms with Gasteiger partial charge in [-0.05, 0) is 6.92 Å². The first kappa shape index (κ1) is 8.55. The van der Waals surface area contributed by atoms with Crippen LogP contribution in [0.5, 0.6) is 0 Å². The number of hydrogen-bond donors (Lipinski definition) is 2. The number of nitrogens with zero attached hydrogens (tertiary/aromatic N) is 1. The molecular formula is C9H9N3O2. The quantitative estimate of drug-likeness (QED) is 0.701. The van der Waals surface area contributed by atoms with Crippen molar-refractivity contribution in [2.24, 2.45) is 0 Å². The van der Waals surface area contributed by atoms with Crippen molar-refractivity contribution in [2.45, 2.75) is 6.92 Å². The SMILES string of the molecule is Cc1c(-c2c[nH]ccc2=O)noc1N. The largest absolute Gasteiger partial charge is 0.367 e. The van der Waals surface area contributed by atoms with Gasteiger partial charge in [0.25, 0.3) is 0 Å². The lowest BCUT2D eigenvalue weighted by atomic mass is 10.1. The monoisotopic (exact) mass is 191 g/mol. The second kappa shape index (κ2) is 3.02. The van der Waals surface area contributed by atoms with E-state index in [4.69, 9.17) is 10.3 Å². The van der Waals surface area contributed by atoms with Gasteiger partial charge in [-0.1, -0.05) is 5.16 Å². The molecule has 2 aromatic heterocycles. The Morgan fingerprint density at radius 3 is 2.93 bits per heavy atom. The molecule has 0 fully saturated rings. The maximum atomic E-state index is 11.4. The van der Waals surface area contributed by atoms with Gasteiger partial charge in [0.1, 0.15) is 5.69 Å². The molecule has 0 unspecified atom stereocenters. The van der Waals surface area contributed by atoms with Gasteiger partial charge in [-0.3, -0.25) is 4.79 Å². The summed E-state index contributed by atoms with van der Waals surface area (Å²) in [6, 6.07) is 1.43. The summed E-state index contributed by atoms with van der Waals surface area (Å²) >= 11 is 0. The average Bonchev–Trinajstić information content (AvgIpc) is 2.49. The number of aromatic amines is 1. The third-order valence-corrected chi connectivity index (χ3v) is 2.04. The van der Waals surface area contributed by atoms with Crippen molar-refractivity contribution in [2.75, 3.05) is 5.73 Å². The minimum absolute atomic E-state index is 0.111. The van der Waals surface area contributed by atoms with Gasteiger partial charge in [0.15, 0.2) is 5.43 Å². The zero-order valence-corrected chi connectivity index (χ0v) is 7.57. The Hall–Kier alpha value is -2.04. The third-order valence-electron chi connectivity index (χ3n) is 2.04. The highest BCUT2D eigenvalue weighted by molar-refractivity contribution is 5.65. The summed E-state index contributed by atoms with van der Waals surface area (Å²) in [5.41, 5.74) is 7.01. The Labute approximate surface area is 79.5 Å². The number of nitrogen functional groups attached to an aromatic ring is 1. The number of aromatic nitrogens is 2. The number of anilines is 1. The lowest BCUT2D eigenvalue weighted by Gasteiger charge is -1.94. The predicted octanol–water partition coefficient (Wildman–Crippen LogP) is 0.921. The standard InChI is InChI=1S/C9H9N3O2/c1-5-8(12-14-9(5)10)6-4-11-3-2-7(6)13/h2-4H,10H2,1H3,(H,11,13). The van der Waals surface area contributed by atoms with Crippen LogP contribution in [0.15, 0.2) is 27.8 Å². The molecule has 0 aliphatic carbocycles. The molecule has 0 amide bonds. The molecule has 0 radical (unpaired) electrons. The molecule has 0 spiro atoms. The van der Waals surface area contributed by atoms with Gasteiger partial charge < -0.3 is 15.2 Å². The van der Waals surface area contributed by atoms with Crippen molar-refractivity contribution < 1.29 is 4.52 Å². The van der Waals surface area contributed by atoms with E-state index in [0.29, 0.717) is 16.8 Å². The van der Waals surface area contributed by atoms with Crippen LogP contribution < -0.4 is 11.2 Å². The topological polar surface area (TPSA) is 84.9 Å². The van der Waals surface area contributed by atoms with E-state index in [9.17, 15) is 4.79 Å². The molecule has 0 aliphatic rings. The highest BCUT2D eigenvalue weighted by atomic mass is 16.5. The van der Waals surface area contributed by atoms with Crippen molar-refractivity contribution in [1.29, 1.82) is 0 Å². The fraction of sp³-hybridized carbons (Fsp3) is 0.111. The molecule has 2 aromatic rings. The van der Waals surface area contributed by atoms with Crippen LogP contribution in [0.2, 0.25) is 0 Å². The number of nitrogens with one attached hydrogen (secondary N) is 1. The molecule has 3 N–H and O–H groups in total. The smallest absolute Gasteiger partial charge is 0.225 e. The first-order valence-corrected chi connectivity index (χ1v) is 4.09. The zero-order chi connectivity index (χ0) is 10.1. The maximum absolute atomic E-state index is 11.4. The Morgan fingerprint density at radius 1 is 1.57 bits per heavy atom. The van der Waals surface area contributed by atoms with Gasteiger partial charge in [-0.15, -0.1) is 0 Å². The minimum atomic E-state index is -0.111. The molecule has 72 valence electrons. The van der Waals surface area contributed by atoms with E-state index in [0.717, 1.165) is 0 Å². The van der Waals surface area contributed by atoms with Crippen LogP contribution in [-0.2, 0) is 0 Å². The highest BCUT2D eigenvalue weighted by Gasteiger charge is 2.13. The van der Waals surface area contributed by atoms with E-state index < -0.39 is 0 Å². The van der Waals surface area contributed by atoms with E-state index in [1.54, 1.807) is 19.3 Å². The second-order valence-corrected chi connectivity index (χ2v) is 2.94. The number of nitrogens with two attached hydrogens (primary N) is 1. The molecule has 2 heterocycles. The molecule has 2 rings (SSSR count). The summed E-state index contributed by atoms with van der Waals surface area (Å²) in [4.78, 5) is 14.3. The predicted molar refractivity (Wildman–Crippen MR) is 51.7 cm³/mol. The Kier molecular flexibility index (Phi) is 1.85. The molecule has 14 heavy (non-hydrogen) atoms. The third kappa shape index (κ3) is 1.19. The highest BCUT2D eigenvalue weighted by Crippen LogP contribution is 2.22. The average molecular weight is 191 g/mol. The Balaban J connectivity index is 2.67. The zero-order valence-electron chi connectivity index (χ0n) is 7.57. The summed E-state index contributed by atoms with van der Waals surface area (Å²) in [7, 11) is 0. The molecule has 0 saturated carbocycles.